The summed E-state index contributed by atoms with van der Waals surface area (Å²) in [5.74, 6) is -0.959. The van der Waals surface area contributed by atoms with Gasteiger partial charge in [0.1, 0.15) is 0 Å². The van der Waals surface area contributed by atoms with Gasteiger partial charge < -0.3 is 0 Å². The number of hydrazine groups is 1. The highest BCUT2D eigenvalue weighted by atomic mass is 127. The van der Waals surface area contributed by atoms with Gasteiger partial charge in [-0.1, -0.05) is 23.2 Å². The summed E-state index contributed by atoms with van der Waals surface area (Å²) in [5.41, 5.74) is 5.24. The standard InChI is InChI=1S/C14H9Cl2IN2O2/c15-9-3-6-12(16)11(7-9)14(21)19-18-13(20)8-1-4-10(17)5-2-8/h1-7H,(H,18,20)(H,19,21). The van der Waals surface area contributed by atoms with Crippen molar-refractivity contribution in [2.24, 2.45) is 0 Å². The average Bonchev–Trinajstić information content (AvgIpc) is 2.47. The summed E-state index contributed by atoms with van der Waals surface area (Å²) in [4.78, 5) is 23.8. The van der Waals surface area contributed by atoms with E-state index in [9.17, 15) is 9.59 Å². The minimum Gasteiger partial charge on any atom is -0.267 e. The first kappa shape index (κ1) is 16.1. The Kier molecular flexibility index (Phi) is 5.44. The smallest absolute Gasteiger partial charge is 0.267 e. The Hall–Kier alpha value is -1.31. The van der Waals surface area contributed by atoms with Crippen molar-refractivity contribution in [1.82, 2.24) is 10.9 Å². The predicted molar refractivity (Wildman–Crippen MR) is 90.6 cm³/mol. The quantitative estimate of drug-likeness (QED) is 0.559. The Bertz CT molecular complexity index is 690. The first-order valence-corrected chi connectivity index (χ1v) is 7.62. The number of hydrogen-bond donors (Lipinski definition) is 2. The molecule has 4 nitrogen and oxygen atoms in total. The van der Waals surface area contributed by atoms with Crippen LogP contribution >= 0.6 is 45.8 Å². The molecule has 108 valence electrons. The normalized spacial score (nSPS) is 10.0. The monoisotopic (exact) mass is 434 g/mol. The van der Waals surface area contributed by atoms with Crippen molar-refractivity contribution in [2.45, 2.75) is 0 Å². The molecule has 0 atom stereocenters. The summed E-state index contributed by atoms with van der Waals surface area (Å²) in [6.45, 7) is 0. The Labute approximate surface area is 144 Å². The lowest BCUT2D eigenvalue weighted by Crippen LogP contribution is -2.41. The minimum absolute atomic E-state index is 0.187. The van der Waals surface area contributed by atoms with Gasteiger partial charge in [-0.15, -0.1) is 0 Å². The molecule has 0 unspecified atom stereocenters. The van der Waals surface area contributed by atoms with E-state index < -0.39 is 11.8 Å². The van der Waals surface area contributed by atoms with Gasteiger partial charge in [-0.2, -0.15) is 0 Å². The van der Waals surface area contributed by atoms with Crippen LogP contribution in [0.2, 0.25) is 10.0 Å². The van der Waals surface area contributed by atoms with Crippen molar-refractivity contribution in [3.8, 4) is 0 Å². The van der Waals surface area contributed by atoms with Gasteiger partial charge in [-0.25, -0.2) is 0 Å². The van der Waals surface area contributed by atoms with Crippen LogP contribution in [0.5, 0.6) is 0 Å². The van der Waals surface area contributed by atoms with Crippen LogP contribution in [0.4, 0.5) is 0 Å². The molecule has 2 aromatic rings. The molecule has 0 aliphatic rings. The van der Waals surface area contributed by atoms with Crippen LogP contribution in [0.15, 0.2) is 42.5 Å². The van der Waals surface area contributed by atoms with E-state index in [0.717, 1.165) is 3.57 Å². The second-order valence-electron chi connectivity index (χ2n) is 4.04. The molecule has 0 saturated carbocycles. The van der Waals surface area contributed by atoms with E-state index in [4.69, 9.17) is 23.2 Å². The van der Waals surface area contributed by atoms with Crippen molar-refractivity contribution in [3.63, 3.8) is 0 Å². The lowest BCUT2D eigenvalue weighted by molar-refractivity contribution is 0.0847. The maximum Gasteiger partial charge on any atom is 0.271 e. The largest absolute Gasteiger partial charge is 0.271 e. The molecule has 7 heteroatoms. The lowest BCUT2D eigenvalue weighted by atomic mass is 10.2. The molecule has 0 radical (unpaired) electrons. The number of benzene rings is 2. The van der Waals surface area contributed by atoms with E-state index in [0.29, 0.717) is 10.6 Å². The van der Waals surface area contributed by atoms with Crippen LogP contribution in [0.1, 0.15) is 20.7 Å². The molecular weight excluding hydrogens is 426 g/mol. The molecule has 2 N–H and O–H groups in total. The molecule has 2 rings (SSSR count). The summed E-state index contributed by atoms with van der Waals surface area (Å²) in [7, 11) is 0. The topological polar surface area (TPSA) is 58.2 Å². The maximum atomic E-state index is 11.9. The van der Waals surface area contributed by atoms with Gasteiger partial charge in [-0.05, 0) is 65.1 Å². The highest BCUT2D eigenvalue weighted by Crippen LogP contribution is 2.20. The highest BCUT2D eigenvalue weighted by Gasteiger charge is 2.12. The first-order chi connectivity index (χ1) is 9.97. The molecule has 2 amide bonds. The fourth-order valence-corrected chi connectivity index (χ4v) is 2.26. The third-order valence-corrected chi connectivity index (χ3v) is 3.85. The van der Waals surface area contributed by atoms with Gasteiger partial charge >= 0.3 is 0 Å². The van der Waals surface area contributed by atoms with Gasteiger partial charge in [-0.3, -0.25) is 20.4 Å². The van der Waals surface area contributed by atoms with Gasteiger partial charge in [0.2, 0.25) is 0 Å². The average molecular weight is 435 g/mol. The van der Waals surface area contributed by atoms with Crippen molar-refractivity contribution in [3.05, 3.63) is 67.2 Å². The summed E-state index contributed by atoms with van der Waals surface area (Å²) < 4.78 is 1.01. The SMILES string of the molecule is O=C(NNC(=O)c1cc(Cl)ccc1Cl)c1ccc(I)cc1. The van der Waals surface area contributed by atoms with Crippen LogP contribution < -0.4 is 10.9 Å². The predicted octanol–water partition coefficient (Wildman–Crippen LogP) is 3.67. The van der Waals surface area contributed by atoms with Crippen molar-refractivity contribution in [1.29, 1.82) is 0 Å². The number of amides is 2. The molecule has 0 heterocycles. The van der Waals surface area contributed by atoms with E-state index in [2.05, 4.69) is 33.4 Å². The molecule has 2 aromatic carbocycles. The molecule has 0 aliphatic heterocycles. The van der Waals surface area contributed by atoms with Crippen molar-refractivity contribution < 1.29 is 9.59 Å². The second kappa shape index (κ2) is 7.11. The maximum absolute atomic E-state index is 11.9. The lowest BCUT2D eigenvalue weighted by Gasteiger charge is -2.09. The second-order valence-corrected chi connectivity index (χ2v) is 6.13. The Morgan fingerprint density at radius 1 is 0.905 bits per heavy atom. The third kappa shape index (κ3) is 4.33. The Balaban J connectivity index is 2.02. The molecule has 0 fully saturated rings. The fourth-order valence-electron chi connectivity index (χ4n) is 1.53. The number of nitrogens with one attached hydrogen (secondary N) is 2. The molecule has 0 bridgehead atoms. The van der Waals surface area contributed by atoms with Gasteiger partial charge in [0.15, 0.2) is 0 Å². The van der Waals surface area contributed by atoms with Crippen molar-refractivity contribution >= 4 is 57.6 Å². The van der Waals surface area contributed by atoms with Gasteiger partial charge in [0.05, 0.1) is 10.6 Å². The Morgan fingerprint density at radius 2 is 1.52 bits per heavy atom. The van der Waals surface area contributed by atoms with Gasteiger partial charge in [0.25, 0.3) is 11.8 Å². The number of carbonyl (C=O) groups excluding carboxylic acids is 2. The number of hydrogen-bond acceptors (Lipinski definition) is 2. The summed E-state index contributed by atoms with van der Waals surface area (Å²) in [6, 6.07) is 11.4. The summed E-state index contributed by atoms with van der Waals surface area (Å²) in [5, 5.41) is 0.633. The zero-order chi connectivity index (χ0) is 15.4. The van der Waals surface area contributed by atoms with E-state index in [1.807, 2.05) is 0 Å². The van der Waals surface area contributed by atoms with Crippen LogP contribution in [-0.2, 0) is 0 Å². The minimum atomic E-state index is -0.540. The first-order valence-electron chi connectivity index (χ1n) is 5.78. The fraction of sp³-hybridized carbons (Fsp3) is 0. The molecule has 21 heavy (non-hydrogen) atoms. The molecule has 0 spiro atoms. The molecular formula is C14H9Cl2IN2O2. The molecule has 0 saturated heterocycles. The molecule has 0 aliphatic carbocycles. The van der Waals surface area contributed by atoms with Crippen LogP contribution in [0.3, 0.4) is 0 Å². The summed E-state index contributed by atoms with van der Waals surface area (Å²) in [6.07, 6.45) is 0. The zero-order valence-corrected chi connectivity index (χ0v) is 14.2. The van der Waals surface area contributed by atoms with Crippen LogP contribution in [0, 0.1) is 3.57 Å². The van der Waals surface area contributed by atoms with E-state index >= 15 is 0 Å². The third-order valence-electron chi connectivity index (χ3n) is 2.57. The van der Waals surface area contributed by atoms with Crippen LogP contribution in [-0.4, -0.2) is 11.8 Å². The zero-order valence-electron chi connectivity index (χ0n) is 10.5. The number of halogens is 3. The number of rotatable bonds is 2. The van der Waals surface area contributed by atoms with E-state index in [-0.39, 0.29) is 10.6 Å². The highest BCUT2D eigenvalue weighted by molar-refractivity contribution is 14.1. The Morgan fingerprint density at radius 3 is 2.19 bits per heavy atom. The van der Waals surface area contributed by atoms with E-state index in [1.54, 1.807) is 30.3 Å². The summed E-state index contributed by atoms with van der Waals surface area (Å²) >= 11 is 13.9. The number of carbonyl (C=O) groups is 2. The van der Waals surface area contributed by atoms with E-state index in [1.165, 1.54) is 12.1 Å². The van der Waals surface area contributed by atoms with Crippen LogP contribution in [0.25, 0.3) is 0 Å². The van der Waals surface area contributed by atoms with Crippen molar-refractivity contribution in [2.75, 3.05) is 0 Å². The van der Waals surface area contributed by atoms with Gasteiger partial charge in [0, 0.05) is 14.2 Å². The molecule has 0 aromatic heterocycles.